The summed E-state index contributed by atoms with van der Waals surface area (Å²) in [7, 11) is 0. The minimum atomic E-state index is 0.213. The molecule has 0 saturated heterocycles. The molecule has 0 saturated carbocycles. The first-order valence-electron chi connectivity index (χ1n) is 4.82. The van der Waals surface area contributed by atoms with E-state index in [0.29, 0.717) is 0 Å². The van der Waals surface area contributed by atoms with E-state index in [0.717, 1.165) is 18.4 Å². The van der Waals surface area contributed by atoms with E-state index in [1.165, 1.54) is 15.3 Å². The largest absolute Gasteiger partial charge is 0.396 e. The number of aliphatic hydroxyl groups excluding tert-OH is 1. The summed E-state index contributed by atoms with van der Waals surface area (Å²) in [5.74, 6) is 0. The molecule has 1 N–H and O–H groups in total. The molecule has 2 aromatic rings. The van der Waals surface area contributed by atoms with Crippen LogP contribution in [0.25, 0.3) is 10.2 Å². The van der Waals surface area contributed by atoms with Crippen LogP contribution >= 0.6 is 11.3 Å². The zero-order chi connectivity index (χ0) is 9.97. The molecule has 0 aliphatic heterocycles. The summed E-state index contributed by atoms with van der Waals surface area (Å²) in [6.07, 6.45) is 1.73. The SMILES string of the molecule is CCc1nc2ccc(CCO)cc2s1. The van der Waals surface area contributed by atoms with Crippen LogP contribution in [0, 0.1) is 0 Å². The Hall–Kier alpha value is -0.930. The van der Waals surface area contributed by atoms with Crippen molar-refractivity contribution < 1.29 is 5.11 Å². The van der Waals surface area contributed by atoms with E-state index in [4.69, 9.17) is 5.11 Å². The van der Waals surface area contributed by atoms with Gasteiger partial charge in [-0.25, -0.2) is 4.98 Å². The molecule has 1 heterocycles. The maximum Gasteiger partial charge on any atom is 0.0935 e. The predicted molar refractivity (Wildman–Crippen MR) is 59.8 cm³/mol. The average molecular weight is 207 g/mol. The highest BCUT2D eigenvalue weighted by Gasteiger charge is 2.02. The van der Waals surface area contributed by atoms with Crippen molar-refractivity contribution in [2.24, 2.45) is 0 Å². The average Bonchev–Trinajstić information content (AvgIpc) is 2.60. The minimum Gasteiger partial charge on any atom is -0.396 e. The van der Waals surface area contributed by atoms with Gasteiger partial charge in [0.1, 0.15) is 0 Å². The normalized spacial score (nSPS) is 11.0. The molecule has 1 aromatic carbocycles. The van der Waals surface area contributed by atoms with Gasteiger partial charge in [-0.1, -0.05) is 13.0 Å². The molecule has 1 aromatic heterocycles. The van der Waals surface area contributed by atoms with E-state index >= 15 is 0 Å². The van der Waals surface area contributed by atoms with Crippen LogP contribution in [0.4, 0.5) is 0 Å². The Balaban J connectivity index is 2.43. The van der Waals surface area contributed by atoms with Crippen LogP contribution in [0.3, 0.4) is 0 Å². The Morgan fingerprint density at radius 2 is 2.29 bits per heavy atom. The third kappa shape index (κ3) is 1.79. The van der Waals surface area contributed by atoms with Gasteiger partial charge in [0.15, 0.2) is 0 Å². The van der Waals surface area contributed by atoms with Gasteiger partial charge in [-0.2, -0.15) is 0 Å². The molecule has 14 heavy (non-hydrogen) atoms. The summed E-state index contributed by atoms with van der Waals surface area (Å²) in [6.45, 7) is 2.33. The highest BCUT2D eigenvalue weighted by Crippen LogP contribution is 2.23. The van der Waals surface area contributed by atoms with Crippen molar-refractivity contribution in [2.75, 3.05) is 6.61 Å². The lowest BCUT2D eigenvalue weighted by Crippen LogP contribution is -1.88. The van der Waals surface area contributed by atoms with E-state index in [1.807, 2.05) is 12.1 Å². The van der Waals surface area contributed by atoms with Crippen molar-refractivity contribution in [3.63, 3.8) is 0 Å². The zero-order valence-electron chi connectivity index (χ0n) is 8.16. The molecule has 0 aliphatic carbocycles. The van der Waals surface area contributed by atoms with Crippen molar-refractivity contribution in [3.05, 3.63) is 28.8 Å². The number of rotatable bonds is 3. The molecule has 0 unspecified atom stereocenters. The lowest BCUT2D eigenvalue weighted by molar-refractivity contribution is 0.299. The van der Waals surface area contributed by atoms with Crippen LogP contribution in [0.1, 0.15) is 17.5 Å². The van der Waals surface area contributed by atoms with E-state index in [9.17, 15) is 0 Å². The van der Waals surface area contributed by atoms with Crippen LogP contribution in [0.2, 0.25) is 0 Å². The smallest absolute Gasteiger partial charge is 0.0935 e. The summed E-state index contributed by atoms with van der Waals surface area (Å²) in [5, 5.41) is 10.0. The number of thiazole rings is 1. The molecule has 0 bridgehead atoms. The molecule has 0 fully saturated rings. The third-order valence-electron chi connectivity index (χ3n) is 2.20. The molecular formula is C11H13NOS. The Kier molecular flexibility index (Phi) is 2.79. The maximum atomic E-state index is 8.83. The molecular weight excluding hydrogens is 194 g/mol. The Labute approximate surface area is 87.2 Å². The van der Waals surface area contributed by atoms with Crippen molar-refractivity contribution in [1.82, 2.24) is 4.98 Å². The molecule has 0 atom stereocenters. The molecule has 3 heteroatoms. The van der Waals surface area contributed by atoms with Crippen LogP contribution in [-0.4, -0.2) is 16.7 Å². The van der Waals surface area contributed by atoms with Crippen LogP contribution in [0.15, 0.2) is 18.2 Å². The van der Waals surface area contributed by atoms with Gasteiger partial charge in [0.05, 0.1) is 15.2 Å². The van der Waals surface area contributed by atoms with Gasteiger partial charge in [-0.15, -0.1) is 11.3 Å². The zero-order valence-corrected chi connectivity index (χ0v) is 8.97. The fourth-order valence-electron chi connectivity index (χ4n) is 1.45. The molecule has 2 nitrogen and oxygen atoms in total. The topological polar surface area (TPSA) is 33.1 Å². The number of aromatic nitrogens is 1. The van der Waals surface area contributed by atoms with Gasteiger partial charge in [-0.3, -0.25) is 0 Å². The number of benzene rings is 1. The van der Waals surface area contributed by atoms with Gasteiger partial charge in [0, 0.05) is 6.61 Å². The number of hydrogen-bond acceptors (Lipinski definition) is 3. The van der Waals surface area contributed by atoms with E-state index in [1.54, 1.807) is 11.3 Å². The second kappa shape index (κ2) is 4.07. The second-order valence-corrected chi connectivity index (χ2v) is 4.35. The van der Waals surface area contributed by atoms with Crippen LogP contribution in [0.5, 0.6) is 0 Å². The van der Waals surface area contributed by atoms with Crippen molar-refractivity contribution in [1.29, 1.82) is 0 Å². The third-order valence-corrected chi connectivity index (χ3v) is 3.36. The van der Waals surface area contributed by atoms with Crippen LogP contribution in [-0.2, 0) is 12.8 Å². The summed E-state index contributed by atoms with van der Waals surface area (Å²) < 4.78 is 1.23. The summed E-state index contributed by atoms with van der Waals surface area (Å²) >= 11 is 1.74. The highest BCUT2D eigenvalue weighted by molar-refractivity contribution is 7.18. The number of hydrogen-bond donors (Lipinski definition) is 1. The second-order valence-electron chi connectivity index (χ2n) is 3.24. The molecule has 2 rings (SSSR count). The minimum absolute atomic E-state index is 0.213. The molecule has 0 amide bonds. The number of aryl methyl sites for hydroxylation is 1. The Morgan fingerprint density at radius 3 is 3.00 bits per heavy atom. The molecule has 0 aliphatic rings. The lowest BCUT2D eigenvalue weighted by atomic mass is 10.1. The molecule has 74 valence electrons. The predicted octanol–water partition coefficient (Wildman–Crippen LogP) is 2.39. The fourth-order valence-corrected chi connectivity index (χ4v) is 2.42. The van der Waals surface area contributed by atoms with Crippen molar-refractivity contribution in [3.8, 4) is 0 Å². The van der Waals surface area contributed by atoms with Gasteiger partial charge in [0.25, 0.3) is 0 Å². The quantitative estimate of drug-likeness (QED) is 0.838. The van der Waals surface area contributed by atoms with Gasteiger partial charge >= 0.3 is 0 Å². The lowest BCUT2D eigenvalue weighted by Gasteiger charge is -1.96. The van der Waals surface area contributed by atoms with Gasteiger partial charge in [-0.05, 0) is 30.5 Å². The fraction of sp³-hybridized carbons (Fsp3) is 0.364. The maximum absolute atomic E-state index is 8.83. The van der Waals surface area contributed by atoms with E-state index in [2.05, 4.69) is 18.0 Å². The number of aliphatic hydroxyl groups is 1. The first kappa shape index (κ1) is 9.62. The van der Waals surface area contributed by atoms with Crippen molar-refractivity contribution >= 4 is 21.6 Å². The first-order chi connectivity index (χ1) is 6.83. The van der Waals surface area contributed by atoms with Crippen LogP contribution < -0.4 is 0 Å². The first-order valence-corrected chi connectivity index (χ1v) is 5.64. The van der Waals surface area contributed by atoms with E-state index in [-0.39, 0.29) is 6.61 Å². The van der Waals surface area contributed by atoms with Crippen molar-refractivity contribution in [2.45, 2.75) is 19.8 Å². The Morgan fingerprint density at radius 1 is 1.43 bits per heavy atom. The number of nitrogens with zero attached hydrogens (tertiary/aromatic N) is 1. The standard InChI is InChI=1S/C11H13NOS/c1-2-11-12-9-4-3-8(5-6-13)7-10(9)14-11/h3-4,7,13H,2,5-6H2,1H3. The number of fused-ring (bicyclic) bond motifs is 1. The molecule has 0 spiro atoms. The summed E-state index contributed by atoms with van der Waals surface area (Å²) in [4.78, 5) is 4.49. The highest BCUT2D eigenvalue weighted by atomic mass is 32.1. The monoisotopic (exact) mass is 207 g/mol. The summed E-state index contributed by atoms with van der Waals surface area (Å²) in [6, 6.07) is 6.20. The molecule has 0 radical (unpaired) electrons. The van der Waals surface area contributed by atoms with Gasteiger partial charge in [0.2, 0.25) is 0 Å². The van der Waals surface area contributed by atoms with Gasteiger partial charge < -0.3 is 5.11 Å². The Bertz CT molecular complexity index is 436. The summed E-state index contributed by atoms with van der Waals surface area (Å²) in [5.41, 5.74) is 2.26. The van der Waals surface area contributed by atoms with E-state index < -0.39 is 0 Å².